The van der Waals surface area contributed by atoms with E-state index >= 15 is 0 Å². The van der Waals surface area contributed by atoms with E-state index in [2.05, 4.69) is 193 Å². The molecule has 270 valence electrons. The van der Waals surface area contributed by atoms with Crippen LogP contribution in [0.4, 0.5) is 0 Å². The minimum Gasteiger partial charge on any atom is -0.456 e. The number of furan rings is 1. The molecule has 2 heteroatoms. The number of aromatic nitrogens is 1. The second-order valence-corrected chi connectivity index (χ2v) is 20.5. The average molecular weight is 690 g/mol. The van der Waals surface area contributed by atoms with Gasteiger partial charge in [0.1, 0.15) is 11.2 Å². The van der Waals surface area contributed by atoms with Crippen molar-refractivity contribution in [3.63, 3.8) is 0 Å². The van der Waals surface area contributed by atoms with Gasteiger partial charge in [-0.2, -0.15) is 0 Å². The average Bonchev–Trinajstić information content (AvgIpc) is 3.57. The van der Waals surface area contributed by atoms with E-state index in [9.17, 15) is 0 Å². The van der Waals surface area contributed by atoms with Crippen LogP contribution in [-0.2, 0) is 27.1 Å². The molecule has 5 aromatic carbocycles. The molecule has 0 spiro atoms. The molecule has 0 aliphatic carbocycles. The van der Waals surface area contributed by atoms with Crippen molar-refractivity contribution in [3.8, 4) is 16.8 Å². The molecular formula is C50H59NO. The maximum Gasteiger partial charge on any atom is 0.136 e. The number of hydrogen-bond acceptors (Lipinski definition) is 1. The van der Waals surface area contributed by atoms with Crippen molar-refractivity contribution in [2.45, 2.75) is 131 Å². The summed E-state index contributed by atoms with van der Waals surface area (Å²) in [7, 11) is 0. The molecule has 0 saturated carbocycles. The normalized spacial score (nSPS) is 13.7. The van der Waals surface area contributed by atoms with Crippen LogP contribution in [0.5, 0.6) is 0 Å². The largest absolute Gasteiger partial charge is 0.456 e. The van der Waals surface area contributed by atoms with Gasteiger partial charge >= 0.3 is 0 Å². The fourth-order valence-corrected chi connectivity index (χ4v) is 7.95. The number of rotatable bonds is 2. The molecule has 0 radical (unpaired) electrons. The van der Waals surface area contributed by atoms with Crippen LogP contribution in [0.15, 0.2) is 89.3 Å². The molecule has 0 unspecified atom stereocenters. The second kappa shape index (κ2) is 11.6. The van der Waals surface area contributed by atoms with Gasteiger partial charge in [0.05, 0.1) is 16.7 Å². The van der Waals surface area contributed by atoms with Crippen LogP contribution in [-0.4, -0.2) is 4.57 Å². The van der Waals surface area contributed by atoms with Crippen LogP contribution < -0.4 is 0 Å². The minimum absolute atomic E-state index is 0.0162. The fraction of sp³-hybridized carbons (Fsp3) is 0.400. The second-order valence-electron chi connectivity index (χ2n) is 20.5. The standard InChI is InChI=1S/C50H59NO/c1-46(2,3)31-19-21-38-36(28-31)37-29-32(47(4,5)6)20-22-39(37)51(38)40-23-24-42-44(45(40)50(13,14)15)43-35(17-16-18-41(43)52-42)30-25-33(48(7,8)9)27-34(26-30)49(10,11)12/h16-29H,1-15H3. The van der Waals surface area contributed by atoms with Crippen molar-refractivity contribution in [3.05, 3.63) is 113 Å². The molecule has 2 aromatic heterocycles. The van der Waals surface area contributed by atoms with E-state index < -0.39 is 0 Å². The predicted molar refractivity (Wildman–Crippen MR) is 227 cm³/mol. The Morgan fingerprint density at radius 2 is 0.904 bits per heavy atom. The minimum atomic E-state index is -0.192. The lowest BCUT2D eigenvalue weighted by Crippen LogP contribution is -2.16. The lowest BCUT2D eigenvalue weighted by molar-refractivity contribution is 0.569. The summed E-state index contributed by atoms with van der Waals surface area (Å²) >= 11 is 0. The van der Waals surface area contributed by atoms with E-state index in [4.69, 9.17) is 4.42 Å². The molecule has 0 amide bonds. The molecule has 0 N–H and O–H groups in total. The van der Waals surface area contributed by atoms with Gasteiger partial charge in [-0.15, -0.1) is 0 Å². The third-order valence-corrected chi connectivity index (χ3v) is 11.1. The van der Waals surface area contributed by atoms with Gasteiger partial charge in [0.2, 0.25) is 0 Å². The van der Waals surface area contributed by atoms with Crippen LogP contribution in [0.25, 0.3) is 60.6 Å². The summed E-state index contributed by atoms with van der Waals surface area (Å²) < 4.78 is 9.32. The van der Waals surface area contributed by atoms with Crippen LogP contribution in [0.3, 0.4) is 0 Å². The molecular weight excluding hydrogens is 631 g/mol. The highest BCUT2D eigenvalue weighted by atomic mass is 16.3. The topological polar surface area (TPSA) is 18.1 Å². The zero-order valence-corrected chi connectivity index (χ0v) is 34.4. The number of benzene rings is 5. The van der Waals surface area contributed by atoms with Crippen molar-refractivity contribution < 1.29 is 4.42 Å². The van der Waals surface area contributed by atoms with E-state index in [-0.39, 0.29) is 27.1 Å². The van der Waals surface area contributed by atoms with E-state index in [0.717, 1.165) is 11.2 Å². The molecule has 7 rings (SSSR count). The lowest BCUT2D eigenvalue weighted by Gasteiger charge is -2.27. The monoisotopic (exact) mass is 689 g/mol. The Morgan fingerprint density at radius 1 is 0.423 bits per heavy atom. The SMILES string of the molecule is CC(C)(C)c1cc(-c2cccc3oc4ccc(-n5c6ccc(C(C)(C)C)cc6c6cc(C(C)(C)C)ccc65)c(C(C)(C)C)c4c23)cc(C(C)(C)C)c1. The Morgan fingerprint density at radius 3 is 1.37 bits per heavy atom. The first-order chi connectivity index (χ1) is 23.9. The van der Waals surface area contributed by atoms with Gasteiger partial charge < -0.3 is 8.98 Å². The van der Waals surface area contributed by atoms with Crippen LogP contribution in [0.1, 0.15) is 132 Å². The van der Waals surface area contributed by atoms with Gasteiger partial charge in [-0.1, -0.05) is 146 Å². The van der Waals surface area contributed by atoms with Crippen molar-refractivity contribution in [1.29, 1.82) is 0 Å². The lowest BCUT2D eigenvalue weighted by atomic mass is 9.78. The molecule has 0 aliphatic rings. The summed E-state index contributed by atoms with van der Waals surface area (Å²) in [5, 5.41) is 5.02. The van der Waals surface area contributed by atoms with Gasteiger partial charge in [-0.05, 0) is 108 Å². The molecule has 2 nitrogen and oxygen atoms in total. The Balaban J connectivity index is 1.63. The van der Waals surface area contributed by atoms with Crippen LogP contribution in [0, 0.1) is 0 Å². The Labute approximate surface area is 312 Å². The summed E-state index contributed by atoms with van der Waals surface area (Å²) in [6.45, 7) is 34.8. The molecule has 0 fully saturated rings. The third kappa shape index (κ3) is 6.07. The van der Waals surface area contributed by atoms with Crippen molar-refractivity contribution >= 4 is 43.7 Å². The summed E-state index contributed by atoms with van der Waals surface area (Å²) in [6.07, 6.45) is 0. The first-order valence-electron chi connectivity index (χ1n) is 19.2. The molecule has 0 saturated heterocycles. The van der Waals surface area contributed by atoms with Crippen molar-refractivity contribution in [2.75, 3.05) is 0 Å². The van der Waals surface area contributed by atoms with Crippen LogP contribution >= 0.6 is 0 Å². The zero-order valence-electron chi connectivity index (χ0n) is 34.4. The fourth-order valence-electron chi connectivity index (χ4n) is 7.95. The Bertz CT molecular complexity index is 2410. The first kappa shape index (κ1) is 36.1. The maximum absolute atomic E-state index is 6.79. The van der Waals surface area contributed by atoms with Crippen molar-refractivity contribution in [2.24, 2.45) is 0 Å². The summed E-state index contributed by atoms with van der Waals surface area (Å²) in [5.74, 6) is 0. The van der Waals surface area contributed by atoms with Gasteiger partial charge in [-0.3, -0.25) is 0 Å². The molecule has 0 bridgehead atoms. The highest BCUT2D eigenvalue weighted by Gasteiger charge is 2.30. The van der Waals surface area contributed by atoms with E-state index in [1.54, 1.807) is 0 Å². The highest BCUT2D eigenvalue weighted by molar-refractivity contribution is 6.16. The van der Waals surface area contributed by atoms with Gasteiger partial charge in [-0.25, -0.2) is 0 Å². The molecule has 52 heavy (non-hydrogen) atoms. The zero-order chi connectivity index (χ0) is 37.9. The van der Waals surface area contributed by atoms with Crippen molar-refractivity contribution in [1.82, 2.24) is 4.57 Å². The summed E-state index contributed by atoms with van der Waals surface area (Å²) in [4.78, 5) is 0. The number of fused-ring (bicyclic) bond motifs is 6. The summed E-state index contributed by atoms with van der Waals surface area (Å²) in [6, 6.07) is 32.6. The molecule has 2 heterocycles. The maximum atomic E-state index is 6.79. The third-order valence-electron chi connectivity index (χ3n) is 11.1. The predicted octanol–water partition coefficient (Wildman–Crippen LogP) is 14.8. The van der Waals surface area contributed by atoms with Gasteiger partial charge in [0.15, 0.2) is 0 Å². The molecule has 7 aromatic rings. The highest BCUT2D eigenvalue weighted by Crippen LogP contribution is 2.47. The van der Waals surface area contributed by atoms with E-state index in [1.165, 1.54) is 77.2 Å². The number of nitrogens with zero attached hydrogens (tertiary/aromatic N) is 1. The molecule has 0 atom stereocenters. The smallest absolute Gasteiger partial charge is 0.136 e. The Kier molecular flexibility index (Phi) is 8.05. The van der Waals surface area contributed by atoms with Crippen LogP contribution in [0.2, 0.25) is 0 Å². The van der Waals surface area contributed by atoms with Gasteiger partial charge in [0.25, 0.3) is 0 Å². The quantitative estimate of drug-likeness (QED) is 0.177. The number of hydrogen-bond donors (Lipinski definition) is 0. The molecule has 0 aliphatic heterocycles. The first-order valence-corrected chi connectivity index (χ1v) is 19.2. The van der Waals surface area contributed by atoms with E-state index in [1.807, 2.05) is 0 Å². The van der Waals surface area contributed by atoms with E-state index in [0.29, 0.717) is 0 Å². The van der Waals surface area contributed by atoms with Gasteiger partial charge in [0, 0.05) is 21.5 Å². The summed E-state index contributed by atoms with van der Waals surface area (Å²) in [5.41, 5.74) is 14.7. The Hall–Kier alpha value is -4.30.